The van der Waals surface area contributed by atoms with Crippen molar-refractivity contribution in [3.63, 3.8) is 0 Å². The van der Waals surface area contributed by atoms with Crippen molar-refractivity contribution >= 4 is 29.0 Å². The van der Waals surface area contributed by atoms with Gasteiger partial charge in [-0.1, -0.05) is 35.3 Å². The normalized spacial score (nSPS) is 10.3. The lowest BCUT2D eigenvalue weighted by molar-refractivity contribution is -0.00699. The Kier molecular flexibility index (Phi) is 3.97. The number of benzene rings is 1. The lowest BCUT2D eigenvalue weighted by Crippen LogP contribution is -2.06. The summed E-state index contributed by atoms with van der Waals surface area (Å²) >= 11 is 11.2. The van der Waals surface area contributed by atoms with E-state index < -0.39 is 16.8 Å². The number of para-hydroxylation sites is 1. The second-order valence-corrected chi connectivity index (χ2v) is 4.22. The number of hydrogen-bond donors (Lipinski definition) is 0. The number of pyridine rings is 1. The molecule has 0 radical (unpaired) electrons. The van der Waals surface area contributed by atoms with Gasteiger partial charge in [-0.2, -0.15) is 0 Å². The minimum absolute atomic E-state index is 0.101. The first-order valence-corrected chi connectivity index (χ1v) is 5.74. The fraction of sp³-hybridized carbons (Fsp3) is 0. The van der Waals surface area contributed by atoms with Gasteiger partial charge in [0.1, 0.15) is 5.15 Å². The molecule has 1 heterocycles. The summed E-state index contributed by atoms with van der Waals surface area (Å²) in [4.78, 5) is 19.2. The molecule has 19 heavy (non-hydrogen) atoms. The lowest BCUT2D eigenvalue weighted by atomic mass is 10.0. The summed E-state index contributed by atoms with van der Waals surface area (Å²) in [6.07, 6.45) is 0. The SMILES string of the molecule is O=C(c1ccccc1OF)c1cc(F)c(Cl)nc1Cl. The number of aromatic nitrogens is 1. The van der Waals surface area contributed by atoms with Gasteiger partial charge in [0, 0.05) is 4.53 Å². The van der Waals surface area contributed by atoms with Crippen molar-refractivity contribution in [2.75, 3.05) is 0 Å². The van der Waals surface area contributed by atoms with Gasteiger partial charge in [0.25, 0.3) is 0 Å². The second-order valence-electron chi connectivity index (χ2n) is 3.50. The highest BCUT2D eigenvalue weighted by Crippen LogP contribution is 2.26. The minimum atomic E-state index is -0.895. The highest BCUT2D eigenvalue weighted by Gasteiger charge is 2.20. The molecule has 0 aliphatic carbocycles. The summed E-state index contributed by atoms with van der Waals surface area (Å²) in [6.45, 7) is 0. The van der Waals surface area contributed by atoms with E-state index in [9.17, 15) is 13.7 Å². The van der Waals surface area contributed by atoms with E-state index >= 15 is 0 Å². The van der Waals surface area contributed by atoms with Crippen LogP contribution in [-0.2, 0) is 0 Å². The molecule has 2 aromatic rings. The molecule has 0 unspecified atom stereocenters. The van der Waals surface area contributed by atoms with E-state index in [4.69, 9.17) is 23.2 Å². The molecule has 0 bridgehead atoms. The van der Waals surface area contributed by atoms with Gasteiger partial charge >= 0.3 is 0 Å². The predicted octanol–water partition coefficient (Wildman–Crippen LogP) is 4.02. The number of rotatable bonds is 3. The van der Waals surface area contributed by atoms with E-state index in [2.05, 4.69) is 9.93 Å². The van der Waals surface area contributed by atoms with Gasteiger partial charge in [-0.3, -0.25) is 9.74 Å². The van der Waals surface area contributed by atoms with Crippen LogP contribution in [0, 0.1) is 5.82 Å². The number of ketones is 1. The maximum Gasteiger partial charge on any atom is 0.200 e. The molecule has 3 nitrogen and oxygen atoms in total. The van der Waals surface area contributed by atoms with E-state index in [1.807, 2.05) is 0 Å². The molecule has 98 valence electrons. The summed E-state index contributed by atoms with van der Waals surface area (Å²) in [7, 11) is 0. The highest BCUT2D eigenvalue weighted by molar-refractivity contribution is 6.35. The molecule has 0 fully saturated rings. The molecule has 0 aliphatic rings. The molecule has 2 rings (SSSR count). The molecule has 7 heteroatoms. The summed E-state index contributed by atoms with van der Waals surface area (Å²) in [5.41, 5.74) is -0.330. The first-order valence-electron chi connectivity index (χ1n) is 4.98. The van der Waals surface area contributed by atoms with Crippen LogP contribution in [0.4, 0.5) is 8.92 Å². The number of carbonyl (C=O) groups is 1. The topological polar surface area (TPSA) is 39.2 Å². The fourth-order valence-electron chi connectivity index (χ4n) is 1.47. The number of halogens is 4. The van der Waals surface area contributed by atoms with Gasteiger partial charge in [0.05, 0.1) is 11.1 Å². The van der Waals surface area contributed by atoms with E-state index in [0.717, 1.165) is 6.07 Å². The van der Waals surface area contributed by atoms with Gasteiger partial charge in [0.2, 0.25) is 0 Å². The van der Waals surface area contributed by atoms with Crippen molar-refractivity contribution in [3.05, 3.63) is 57.6 Å². The van der Waals surface area contributed by atoms with Crippen LogP contribution in [0.1, 0.15) is 15.9 Å². The monoisotopic (exact) mass is 303 g/mol. The van der Waals surface area contributed by atoms with Crippen LogP contribution in [0.3, 0.4) is 0 Å². The summed E-state index contributed by atoms with van der Waals surface area (Å²) in [5, 5.41) is -0.721. The zero-order valence-corrected chi connectivity index (χ0v) is 10.7. The zero-order chi connectivity index (χ0) is 14.0. The standard InChI is InChI=1S/C12H5Cl2F2NO2/c13-11-7(5-8(15)12(14)17-11)10(18)6-3-1-2-4-9(6)19-16/h1-5H. The fourth-order valence-corrected chi connectivity index (χ4v) is 1.88. The molecular weight excluding hydrogens is 299 g/mol. The Morgan fingerprint density at radius 1 is 1.16 bits per heavy atom. The van der Waals surface area contributed by atoms with Crippen LogP contribution in [-0.4, -0.2) is 10.8 Å². The average molecular weight is 304 g/mol. The van der Waals surface area contributed by atoms with Crippen molar-refractivity contribution in [3.8, 4) is 5.75 Å². The smallest absolute Gasteiger partial charge is 0.200 e. The quantitative estimate of drug-likeness (QED) is 0.635. The first-order chi connectivity index (χ1) is 9.04. The van der Waals surface area contributed by atoms with Gasteiger partial charge in [0.15, 0.2) is 22.5 Å². The molecule has 0 aliphatic heterocycles. The maximum absolute atomic E-state index is 13.3. The first kappa shape index (κ1) is 13.7. The van der Waals surface area contributed by atoms with Crippen LogP contribution in [0.25, 0.3) is 0 Å². The van der Waals surface area contributed by atoms with E-state index in [0.29, 0.717) is 0 Å². The lowest BCUT2D eigenvalue weighted by Gasteiger charge is -2.06. The number of hydrogen-bond acceptors (Lipinski definition) is 3. The molecule has 0 atom stereocenters. The van der Waals surface area contributed by atoms with E-state index in [1.54, 1.807) is 0 Å². The van der Waals surface area contributed by atoms with Crippen LogP contribution in [0.2, 0.25) is 10.3 Å². The second kappa shape index (κ2) is 5.50. The largest absolute Gasteiger partial charge is 0.294 e. The van der Waals surface area contributed by atoms with Crippen molar-refractivity contribution < 1.29 is 18.7 Å². The summed E-state index contributed by atoms with van der Waals surface area (Å²) in [5.74, 6) is -1.91. The number of nitrogens with zero attached hydrogens (tertiary/aromatic N) is 1. The molecular formula is C12H5Cl2F2NO2. The summed E-state index contributed by atoms with van der Waals surface area (Å²) in [6, 6.07) is 6.40. The van der Waals surface area contributed by atoms with Gasteiger partial charge < -0.3 is 0 Å². The molecule has 0 spiro atoms. The Morgan fingerprint density at radius 2 is 1.84 bits per heavy atom. The maximum atomic E-state index is 13.3. The molecule has 1 aromatic heterocycles. The summed E-state index contributed by atoms with van der Waals surface area (Å²) < 4.78 is 25.6. The van der Waals surface area contributed by atoms with E-state index in [-0.39, 0.29) is 22.0 Å². The minimum Gasteiger partial charge on any atom is -0.294 e. The third-order valence-corrected chi connectivity index (χ3v) is 2.90. The van der Waals surface area contributed by atoms with Gasteiger partial charge in [-0.25, -0.2) is 9.37 Å². The van der Waals surface area contributed by atoms with Crippen molar-refractivity contribution in [2.24, 2.45) is 0 Å². The molecule has 0 N–H and O–H groups in total. The van der Waals surface area contributed by atoms with E-state index in [1.165, 1.54) is 24.3 Å². The molecule has 0 amide bonds. The Morgan fingerprint density at radius 3 is 2.53 bits per heavy atom. The third-order valence-electron chi connectivity index (χ3n) is 2.35. The molecule has 0 saturated carbocycles. The molecule has 0 saturated heterocycles. The van der Waals surface area contributed by atoms with Crippen LogP contribution < -0.4 is 4.94 Å². The van der Waals surface area contributed by atoms with Crippen LogP contribution in [0.15, 0.2) is 30.3 Å². The van der Waals surface area contributed by atoms with Crippen molar-refractivity contribution in [2.45, 2.75) is 0 Å². The van der Waals surface area contributed by atoms with Gasteiger partial charge in [-0.05, 0) is 18.2 Å². The Bertz CT molecular complexity index is 650. The predicted molar refractivity (Wildman–Crippen MR) is 65.8 cm³/mol. The Balaban J connectivity index is 2.53. The highest BCUT2D eigenvalue weighted by atomic mass is 35.5. The average Bonchev–Trinajstić information content (AvgIpc) is 2.42. The molecule has 1 aromatic carbocycles. The van der Waals surface area contributed by atoms with Crippen molar-refractivity contribution in [1.82, 2.24) is 4.98 Å². The zero-order valence-electron chi connectivity index (χ0n) is 9.16. The third kappa shape index (κ3) is 2.67. The van der Waals surface area contributed by atoms with Crippen LogP contribution in [0.5, 0.6) is 5.75 Å². The Labute approximate surface area is 116 Å². The Hall–Kier alpha value is -1.72. The van der Waals surface area contributed by atoms with Crippen LogP contribution >= 0.6 is 23.2 Å². The van der Waals surface area contributed by atoms with Crippen molar-refractivity contribution in [1.29, 1.82) is 0 Å². The number of carbonyl (C=O) groups excluding carboxylic acids is 1. The van der Waals surface area contributed by atoms with Gasteiger partial charge in [-0.15, -0.1) is 0 Å².